The number of ketones is 1. The molecule has 2 saturated carbocycles. The van der Waals surface area contributed by atoms with Gasteiger partial charge in [0.1, 0.15) is 5.76 Å². The third-order valence-corrected chi connectivity index (χ3v) is 7.93. The molecule has 0 radical (unpaired) electrons. The lowest BCUT2D eigenvalue weighted by molar-refractivity contribution is -0.171. The first-order valence-electron chi connectivity index (χ1n) is 9.95. The highest BCUT2D eigenvalue weighted by atomic mass is 16.5. The van der Waals surface area contributed by atoms with E-state index < -0.39 is 0 Å². The van der Waals surface area contributed by atoms with E-state index in [-0.39, 0.29) is 33.9 Å². The number of rotatable bonds is 2. The summed E-state index contributed by atoms with van der Waals surface area (Å²) < 4.78 is 11.5. The van der Waals surface area contributed by atoms with Crippen molar-refractivity contribution in [2.75, 3.05) is 6.61 Å². The third-order valence-electron chi connectivity index (χ3n) is 7.93. The van der Waals surface area contributed by atoms with Crippen LogP contribution in [0.15, 0.2) is 16.7 Å². The van der Waals surface area contributed by atoms with Crippen molar-refractivity contribution < 1.29 is 18.7 Å². The Bertz CT molecular complexity index is 745. The van der Waals surface area contributed by atoms with Crippen LogP contribution >= 0.6 is 0 Å². The Morgan fingerprint density at radius 3 is 2.73 bits per heavy atom. The number of hydrogen-bond acceptors (Lipinski definition) is 4. The van der Waals surface area contributed by atoms with E-state index in [1.54, 1.807) is 6.26 Å². The lowest BCUT2D eigenvalue weighted by atomic mass is 9.41. The molecule has 0 bridgehead atoms. The summed E-state index contributed by atoms with van der Waals surface area (Å²) in [5.74, 6) is 1.45. The average molecular weight is 358 g/mol. The SMILES string of the molecule is CC(=O)OC[C@]12CCCC(C)(C)C1CC[C@@]1(C)c3occc3C(=O)CC21. The monoisotopic (exact) mass is 358 g/mol. The Kier molecular flexibility index (Phi) is 3.91. The minimum Gasteiger partial charge on any atom is -0.468 e. The molecule has 1 aromatic heterocycles. The van der Waals surface area contributed by atoms with E-state index in [0.717, 1.165) is 37.0 Å². The van der Waals surface area contributed by atoms with Gasteiger partial charge >= 0.3 is 5.97 Å². The van der Waals surface area contributed by atoms with Gasteiger partial charge < -0.3 is 9.15 Å². The van der Waals surface area contributed by atoms with Crippen LogP contribution < -0.4 is 0 Å². The molecule has 0 aromatic carbocycles. The predicted octanol–water partition coefficient (Wildman–Crippen LogP) is 4.91. The van der Waals surface area contributed by atoms with E-state index in [1.165, 1.54) is 13.3 Å². The molecular formula is C22H30O4. The Morgan fingerprint density at radius 2 is 2.00 bits per heavy atom. The van der Waals surface area contributed by atoms with E-state index >= 15 is 0 Å². The first-order chi connectivity index (χ1) is 12.2. The number of Topliss-reactive ketones (excluding diaryl/α,β-unsaturated/α-hetero) is 1. The number of esters is 1. The van der Waals surface area contributed by atoms with E-state index in [0.29, 0.717) is 18.9 Å². The van der Waals surface area contributed by atoms with Crippen LogP contribution in [0.25, 0.3) is 0 Å². The van der Waals surface area contributed by atoms with E-state index in [1.807, 2.05) is 6.07 Å². The highest BCUT2D eigenvalue weighted by Gasteiger charge is 2.64. The van der Waals surface area contributed by atoms with Crippen molar-refractivity contribution in [2.24, 2.45) is 22.7 Å². The van der Waals surface area contributed by atoms with E-state index in [2.05, 4.69) is 20.8 Å². The maximum atomic E-state index is 12.9. The Morgan fingerprint density at radius 1 is 1.23 bits per heavy atom. The van der Waals surface area contributed by atoms with Gasteiger partial charge in [-0.05, 0) is 49.0 Å². The van der Waals surface area contributed by atoms with Gasteiger partial charge in [0.15, 0.2) is 5.78 Å². The maximum Gasteiger partial charge on any atom is 0.302 e. The molecule has 1 heterocycles. The van der Waals surface area contributed by atoms with Crippen molar-refractivity contribution in [1.82, 2.24) is 0 Å². The number of carbonyl (C=O) groups is 2. The first kappa shape index (κ1) is 17.8. The molecule has 1 aromatic rings. The van der Waals surface area contributed by atoms with Crippen LogP contribution in [-0.4, -0.2) is 18.4 Å². The Balaban J connectivity index is 1.84. The van der Waals surface area contributed by atoms with Gasteiger partial charge in [-0.3, -0.25) is 9.59 Å². The minimum absolute atomic E-state index is 0.138. The fraction of sp³-hybridized carbons (Fsp3) is 0.727. The maximum absolute atomic E-state index is 12.9. The molecule has 4 heteroatoms. The molecular weight excluding hydrogens is 328 g/mol. The molecule has 0 saturated heterocycles. The van der Waals surface area contributed by atoms with Crippen LogP contribution in [-0.2, 0) is 14.9 Å². The quantitative estimate of drug-likeness (QED) is 0.705. The van der Waals surface area contributed by atoms with Crippen molar-refractivity contribution >= 4 is 11.8 Å². The largest absolute Gasteiger partial charge is 0.468 e. The van der Waals surface area contributed by atoms with Crippen molar-refractivity contribution in [1.29, 1.82) is 0 Å². The summed E-state index contributed by atoms with van der Waals surface area (Å²) in [6.45, 7) is 8.88. The van der Waals surface area contributed by atoms with E-state index in [9.17, 15) is 9.59 Å². The highest BCUT2D eigenvalue weighted by Crippen LogP contribution is 2.67. The first-order valence-corrected chi connectivity index (χ1v) is 9.95. The fourth-order valence-corrected chi connectivity index (χ4v) is 6.82. The van der Waals surface area contributed by atoms with Gasteiger partial charge in [0, 0.05) is 24.2 Å². The number of ether oxygens (including phenoxy) is 1. The van der Waals surface area contributed by atoms with Gasteiger partial charge in [0.2, 0.25) is 0 Å². The summed E-state index contributed by atoms with van der Waals surface area (Å²) in [7, 11) is 0. The van der Waals surface area contributed by atoms with E-state index in [4.69, 9.17) is 9.15 Å². The highest BCUT2D eigenvalue weighted by molar-refractivity contribution is 5.99. The molecule has 4 atom stereocenters. The lowest BCUT2D eigenvalue weighted by Crippen LogP contribution is -2.61. The number of hydrogen-bond donors (Lipinski definition) is 0. The zero-order valence-corrected chi connectivity index (χ0v) is 16.4. The van der Waals surface area contributed by atoms with Crippen LogP contribution in [0.1, 0.15) is 82.3 Å². The molecule has 3 aliphatic carbocycles. The molecule has 4 nitrogen and oxygen atoms in total. The fourth-order valence-electron chi connectivity index (χ4n) is 6.82. The standard InChI is InChI=1S/C22H30O4/c1-14(23)26-13-22-9-5-8-20(2,3)17(22)6-10-21(4)18(22)12-16(24)15-7-11-25-19(15)21/h7,11,17-18H,5-6,8-10,12-13H2,1-4H3/t17?,18?,21-,22-/m1/s1. The molecule has 0 spiro atoms. The van der Waals surface area contributed by atoms with Crippen LogP contribution in [0.2, 0.25) is 0 Å². The molecule has 26 heavy (non-hydrogen) atoms. The van der Waals surface area contributed by atoms with Gasteiger partial charge in [0.05, 0.1) is 18.4 Å². The summed E-state index contributed by atoms with van der Waals surface area (Å²) >= 11 is 0. The molecule has 142 valence electrons. The number of furan rings is 1. The summed E-state index contributed by atoms with van der Waals surface area (Å²) in [5.41, 5.74) is 0.670. The van der Waals surface area contributed by atoms with Crippen molar-refractivity contribution in [3.8, 4) is 0 Å². The van der Waals surface area contributed by atoms with Crippen LogP contribution in [0.5, 0.6) is 0 Å². The summed E-state index contributed by atoms with van der Waals surface area (Å²) in [6, 6.07) is 1.83. The summed E-state index contributed by atoms with van der Waals surface area (Å²) in [5, 5.41) is 0. The zero-order valence-electron chi connectivity index (χ0n) is 16.4. The normalized spacial score (nSPS) is 38.1. The number of fused-ring (bicyclic) bond motifs is 5. The van der Waals surface area contributed by atoms with Crippen molar-refractivity contribution in [3.63, 3.8) is 0 Å². The minimum atomic E-state index is -0.227. The predicted molar refractivity (Wildman–Crippen MR) is 97.9 cm³/mol. The zero-order chi connectivity index (χ0) is 18.7. The molecule has 0 amide bonds. The summed E-state index contributed by atoms with van der Waals surface area (Å²) in [6.07, 6.45) is 7.66. The lowest BCUT2D eigenvalue weighted by Gasteiger charge is -2.63. The molecule has 0 N–H and O–H groups in total. The summed E-state index contributed by atoms with van der Waals surface area (Å²) in [4.78, 5) is 24.6. The van der Waals surface area contributed by atoms with Crippen LogP contribution in [0.3, 0.4) is 0 Å². The van der Waals surface area contributed by atoms with Crippen LogP contribution in [0, 0.1) is 22.7 Å². The van der Waals surface area contributed by atoms with Gasteiger partial charge in [-0.15, -0.1) is 0 Å². The Hall–Kier alpha value is -1.58. The van der Waals surface area contributed by atoms with Crippen molar-refractivity contribution in [3.05, 3.63) is 23.7 Å². The molecule has 4 rings (SSSR count). The second-order valence-corrected chi connectivity index (χ2v) is 9.71. The molecule has 2 unspecified atom stereocenters. The third kappa shape index (κ3) is 2.33. The number of carbonyl (C=O) groups excluding carboxylic acids is 2. The van der Waals surface area contributed by atoms with Gasteiger partial charge in [-0.2, -0.15) is 0 Å². The van der Waals surface area contributed by atoms with Gasteiger partial charge in [-0.25, -0.2) is 0 Å². The van der Waals surface area contributed by atoms with Crippen LogP contribution in [0.4, 0.5) is 0 Å². The smallest absolute Gasteiger partial charge is 0.302 e. The second-order valence-electron chi connectivity index (χ2n) is 9.71. The Labute approximate surface area is 155 Å². The average Bonchev–Trinajstić information content (AvgIpc) is 3.06. The topological polar surface area (TPSA) is 56.5 Å². The molecule has 3 aliphatic rings. The van der Waals surface area contributed by atoms with Gasteiger partial charge in [0.25, 0.3) is 0 Å². The molecule has 0 aliphatic heterocycles. The van der Waals surface area contributed by atoms with Crippen molar-refractivity contribution in [2.45, 2.75) is 71.6 Å². The van der Waals surface area contributed by atoms with Gasteiger partial charge in [-0.1, -0.05) is 27.2 Å². The molecule has 2 fully saturated rings. The second kappa shape index (κ2) is 5.71.